The van der Waals surface area contributed by atoms with Crippen LogP contribution in [0.15, 0.2) is 60.7 Å². The molecular formula is C16H17NO. The lowest BCUT2D eigenvalue weighted by atomic mass is 9.89. The average molecular weight is 239 g/mol. The van der Waals surface area contributed by atoms with Crippen LogP contribution in [0.3, 0.4) is 0 Å². The zero-order valence-corrected chi connectivity index (χ0v) is 10.4. The van der Waals surface area contributed by atoms with E-state index < -0.39 is 0 Å². The van der Waals surface area contributed by atoms with Gasteiger partial charge in [0.25, 0.3) is 0 Å². The van der Waals surface area contributed by atoms with Gasteiger partial charge in [0, 0.05) is 5.92 Å². The third-order valence-electron chi connectivity index (χ3n) is 3.23. The molecule has 0 radical (unpaired) electrons. The summed E-state index contributed by atoms with van der Waals surface area (Å²) in [6.45, 7) is 2.13. The molecule has 0 saturated heterocycles. The molecule has 0 bridgehead atoms. The molecular weight excluding hydrogens is 222 g/mol. The lowest BCUT2D eigenvalue weighted by Gasteiger charge is -2.24. The Bertz CT molecular complexity index is 481. The minimum absolute atomic E-state index is 0.00565. The minimum Gasteiger partial charge on any atom is -0.351 e. The predicted octanol–water partition coefficient (Wildman–Crippen LogP) is 3.28. The zero-order valence-electron chi connectivity index (χ0n) is 10.4. The van der Waals surface area contributed by atoms with Crippen LogP contribution in [0.5, 0.6) is 0 Å². The van der Waals surface area contributed by atoms with E-state index in [1.807, 2.05) is 48.5 Å². The largest absolute Gasteiger partial charge is 0.351 e. The topological polar surface area (TPSA) is 29.1 Å². The van der Waals surface area contributed by atoms with Gasteiger partial charge in [0.15, 0.2) is 0 Å². The van der Waals surface area contributed by atoms with Crippen molar-refractivity contribution in [2.75, 3.05) is 0 Å². The van der Waals surface area contributed by atoms with Gasteiger partial charge in [-0.05, 0) is 11.1 Å². The molecule has 18 heavy (non-hydrogen) atoms. The third kappa shape index (κ3) is 2.77. The van der Waals surface area contributed by atoms with Crippen LogP contribution in [0.25, 0.3) is 0 Å². The van der Waals surface area contributed by atoms with Crippen molar-refractivity contribution >= 4 is 6.41 Å². The summed E-state index contributed by atoms with van der Waals surface area (Å²) >= 11 is 0. The van der Waals surface area contributed by atoms with Crippen molar-refractivity contribution in [1.29, 1.82) is 0 Å². The maximum Gasteiger partial charge on any atom is 0.207 e. The summed E-state index contributed by atoms with van der Waals surface area (Å²) in [7, 11) is 0. The highest BCUT2D eigenvalue weighted by molar-refractivity contribution is 5.48. The standard InChI is InChI=1S/C16H17NO/c1-13(14-8-4-2-5-9-14)16(17-12-18)15-10-6-3-7-11-15/h2-13,16H,1H3,(H,17,18). The number of carbonyl (C=O) groups is 1. The molecule has 0 aliphatic rings. The fourth-order valence-corrected chi connectivity index (χ4v) is 2.21. The van der Waals surface area contributed by atoms with Crippen molar-refractivity contribution in [3.05, 3.63) is 71.8 Å². The highest BCUT2D eigenvalue weighted by Crippen LogP contribution is 2.29. The van der Waals surface area contributed by atoms with Crippen LogP contribution in [0, 0.1) is 0 Å². The first-order chi connectivity index (χ1) is 8.83. The summed E-state index contributed by atoms with van der Waals surface area (Å²) in [5.74, 6) is 0.235. The molecule has 0 aliphatic carbocycles. The van der Waals surface area contributed by atoms with Crippen molar-refractivity contribution in [2.45, 2.75) is 18.9 Å². The van der Waals surface area contributed by atoms with Crippen LogP contribution in [0.4, 0.5) is 0 Å². The monoisotopic (exact) mass is 239 g/mol. The van der Waals surface area contributed by atoms with E-state index in [1.54, 1.807) is 0 Å². The van der Waals surface area contributed by atoms with Gasteiger partial charge in [0.1, 0.15) is 0 Å². The number of benzene rings is 2. The normalized spacial score (nSPS) is 13.6. The number of nitrogens with one attached hydrogen (secondary N) is 1. The van der Waals surface area contributed by atoms with Gasteiger partial charge >= 0.3 is 0 Å². The molecule has 1 amide bonds. The summed E-state index contributed by atoms with van der Waals surface area (Å²) in [5.41, 5.74) is 2.35. The zero-order chi connectivity index (χ0) is 12.8. The fraction of sp³-hybridized carbons (Fsp3) is 0.188. The maximum absolute atomic E-state index is 10.8. The molecule has 0 spiro atoms. The summed E-state index contributed by atoms with van der Waals surface area (Å²) in [6.07, 6.45) is 0.775. The first-order valence-corrected chi connectivity index (χ1v) is 6.12. The van der Waals surface area contributed by atoms with E-state index in [0.717, 1.165) is 12.0 Å². The van der Waals surface area contributed by atoms with Crippen LogP contribution < -0.4 is 5.32 Å². The van der Waals surface area contributed by atoms with Crippen molar-refractivity contribution in [3.8, 4) is 0 Å². The van der Waals surface area contributed by atoms with Gasteiger partial charge in [-0.25, -0.2) is 0 Å². The Balaban J connectivity index is 2.28. The Labute approximate surface area is 108 Å². The molecule has 1 N–H and O–H groups in total. The molecule has 0 heterocycles. The Morgan fingerprint density at radius 3 is 1.89 bits per heavy atom. The molecule has 2 rings (SSSR count). The van der Waals surface area contributed by atoms with Gasteiger partial charge in [-0.3, -0.25) is 4.79 Å². The van der Waals surface area contributed by atoms with E-state index in [1.165, 1.54) is 5.56 Å². The Morgan fingerprint density at radius 2 is 1.39 bits per heavy atom. The van der Waals surface area contributed by atoms with E-state index in [9.17, 15) is 4.79 Å². The first-order valence-electron chi connectivity index (χ1n) is 6.12. The quantitative estimate of drug-likeness (QED) is 0.797. The summed E-state index contributed by atoms with van der Waals surface area (Å²) in [6, 6.07) is 20.3. The van der Waals surface area contributed by atoms with E-state index in [0.29, 0.717) is 0 Å². The number of hydrogen-bond acceptors (Lipinski definition) is 1. The Hall–Kier alpha value is -2.09. The van der Waals surface area contributed by atoms with E-state index in [2.05, 4.69) is 24.4 Å². The molecule has 2 aromatic carbocycles. The van der Waals surface area contributed by atoms with Gasteiger partial charge in [-0.1, -0.05) is 67.6 Å². The number of amides is 1. The van der Waals surface area contributed by atoms with Crippen molar-refractivity contribution in [3.63, 3.8) is 0 Å². The summed E-state index contributed by atoms with van der Waals surface area (Å²) in [4.78, 5) is 10.8. The molecule has 2 atom stereocenters. The highest BCUT2D eigenvalue weighted by Gasteiger charge is 2.19. The van der Waals surface area contributed by atoms with Crippen LogP contribution in [-0.4, -0.2) is 6.41 Å². The SMILES string of the molecule is CC(c1ccccc1)C(NC=O)c1ccccc1. The van der Waals surface area contributed by atoms with Crippen molar-refractivity contribution in [2.24, 2.45) is 0 Å². The maximum atomic E-state index is 10.8. The van der Waals surface area contributed by atoms with Crippen LogP contribution >= 0.6 is 0 Å². The van der Waals surface area contributed by atoms with E-state index >= 15 is 0 Å². The highest BCUT2D eigenvalue weighted by atomic mass is 16.1. The minimum atomic E-state index is 0.00565. The molecule has 0 aliphatic heterocycles. The summed E-state index contributed by atoms with van der Waals surface area (Å²) < 4.78 is 0. The Kier molecular flexibility index (Phi) is 4.13. The number of carbonyl (C=O) groups excluding carboxylic acids is 1. The lowest BCUT2D eigenvalue weighted by Crippen LogP contribution is -2.24. The van der Waals surface area contributed by atoms with Gasteiger partial charge in [-0.15, -0.1) is 0 Å². The van der Waals surface area contributed by atoms with Crippen LogP contribution in [-0.2, 0) is 4.79 Å². The predicted molar refractivity (Wildman–Crippen MR) is 73.2 cm³/mol. The van der Waals surface area contributed by atoms with Gasteiger partial charge in [0.2, 0.25) is 6.41 Å². The third-order valence-corrected chi connectivity index (χ3v) is 3.23. The first kappa shape index (κ1) is 12.4. The van der Waals surface area contributed by atoms with Crippen molar-refractivity contribution in [1.82, 2.24) is 5.32 Å². The molecule has 2 heteroatoms. The van der Waals surface area contributed by atoms with E-state index in [-0.39, 0.29) is 12.0 Å². The molecule has 2 aromatic rings. The van der Waals surface area contributed by atoms with E-state index in [4.69, 9.17) is 0 Å². The van der Waals surface area contributed by atoms with Crippen LogP contribution in [0.1, 0.15) is 30.0 Å². The Morgan fingerprint density at radius 1 is 0.889 bits per heavy atom. The molecule has 0 aromatic heterocycles. The molecule has 0 saturated carbocycles. The van der Waals surface area contributed by atoms with Gasteiger partial charge in [0.05, 0.1) is 6.04 Å². The molecule has 2 unspecified atom stereocenters. The second-order valence-corrected chi connectivity index (χ2v) is 4.37. The average Bonchev–Trinajstić information content (AvgIpc) is 2.46. The molecule has 2 nitrogen and oxygen atoms in total. The van der Waals surface area contributed by atoms with Gasteiger partial charge in [-0.2, -0.15) is 0 Å². The van der Waals surface area contributed by atoms with Gasteiger partial charge < -0.3 is 5.32 Å². The lowest BCUT2D eigenvalue weighted by molar-refractivity contribution is -0.110. The second kappa shape index (κ2) is 6.01. The summed E-state index contributed by atoms with van der Waals surface area (Å²) in [5, 5.41) is 2.92. The second-order valence-electron chi connectivity index (χ2n) is 4.37. The number of hydrogen-bond donors (Lipinski definition) is 1. The van der Waals surface area contributed by atoms with Crippen molar-refractivity contribution < 1.29 is 4.79 Å². The smallest absolute Gasteiger partial charge is 0.207 e. The number of rotatable bonds is 5. The molecule has 92 valence electrons. The molecule has 0 fully saturated rings. The van der Waals surface area contributed by atoms with Crippen LogP contribution in [0.2, 0.25) is 0 Å². The fourth-order valence-electron chi connectivity index (χ4n) is 2.21.